The van der Waals surface area contributed by atoms with Crippen molar-refractivity contribution in [2.24, 2.45) is 0 Å². The molecule has 0 aromatic carbocycles. The molecule has 1 unspecified atom stereocenters. The normalized spacial score (nSPS) is 21.0. The predicted octanol–water partition coefficient (Wildman–Crippen LogP) is 1.98. The molecule has 1 aromatic heterocycles. The van der Waals surface area contributed by atoms with Crippen LogP contribution in [0.25, 0.3) is 0 Å². The summed E-state index contributed by atoms with van der Waals surface area (Å²) in [7, 11) is 1.57. The fraction of sp³-hybridized carbons (Fsp3) is 0.455. The van der Waals surface area contributed by atoms with Gasteiger partial charge in [0.25, 0.3) is 0 Å². The Labute approximate surface area is 103 Å². The number of halogens is 1. The maximum Gasteiger partial charge on any atom is 0.240 e. The highest BCUT2D eigenvalue weighted by Gasteiger charge is 2.27. The van der Waals surface area contributed by atoms with Gasteiger partial charge in [-0.2, -0.15) is 0 Å². The second kappa shape index (κ2) is 4.82. The molecule has 86 valence electrons. The van der Waals surface area contributed by atoms with E-state index in [0.717, 1.165) is 25.1 Å². The maximum absolute atomic E-state index is 11.9. The van der Waals surface area contributed by atoms with Crippen LogP contribution in [0.1, 0.15) is 12.8 Å². The summed E-state index contributed by atoms with van der Waals surface area (Å²) in [6, 6.07) is 3.62. The Balaban J connectivity index is 2.19. The number of nitrogens with zero attached hydrogens (tertiary/aromatic N) is 2. The van der Waals surface area contributed by atoms with Crippen LogP contribution in [-0.4, -0.2) is 29.4 Å². The van der Waals surface area contributed by atoms with Crippen LogP contribution in [0.3, 0.4) is 0 Å². The van der Waals surface area contributed by atoms with Crippen molar-refractivity contribution in [3.63, 3.8) is 0 Å². The number of ether oxygens (including phenoxy) is 1. The summed E-state index contributed by atoms with van der Waals surface area (Å²) in [6.45, 7) is 0.759. The minimum absolute atomic E-state index is 0.0663. The van der Waals surface area contributed by atoms with E-state index in [2.05, 4.69) is 20.9 Å². The first-order chi connectivity index (χ1) is 7.72. The molecule has 0 aliphatic carbocycles. The molecule has 1 aromatic rings. The summed E-state index contributed by atoms with van der Waals surface area (Å²) in [4.78, 5) is 17.7. The zero-order valence-electron chi connectivity index (χ0n) is 9.02. The molecule has 1 amide bonds. The minimum Gasteiger partial charge on any atom is -0.481 e. The molecule has 1 atom stereocenters. The fourth-order valence-corrected chi connectivity index (χ4v) is 2.31. The van der Waals surface area contributed by atoms with Gasteiger partial charge in [0.15, 0.2) is 0 Å². The lowest BCUT2D eigenvalue weighted by atomic mass is 10.1. The van der Waals surface area contributed by atoms with Crippen LogP contribution in [0.2, 0.25) is 0 Å². The topological polar surface area (TPSA) is 42.4 Å². The van der Waals surface area contributed by atoms with Crippen LogP contribution in [0.5, 0.6) is 5.88 Å². The zero-order valence-corrected chi connectivity index (χ0v) is 10.6. The number of aromatic nitrogens is 1. The van der Waals surface area contributed by atoms with Crippen molar-refractivity contribution < 1.29 is 9.53 Å². The Kier molecular flexibility index (Phi) is 3.43. The SMILES string of the molecule is COc1ccc(N2CCCC(Br)C2=O)cn1. The van der Waals surface area contributed by atoms with Crippen molar-refractivity contribution in [1.29, 1.82) is 0 Å². The van der Waals surface area contributed by atoms with Gasteiger partial charge in [0, 0.05) is 12.6 Å². The third kappa shape index (κ3) is 2.19. The van der Waals surface area contributed by atoms with Gasteiger partial charge in [-0.05, 0) is 18.9 Å². The van der Waals surface area contributed by atoms with Gasteiger partial charge in [0.05, 0.1) is 23.8 Å². The number of carbonyl (C=O) groups excluding carboxylic acids is 1. The third-order valence-electron chi connectivity index (χ3n) is 2.61. The average Bonchev–Trinajstić information content (AvgIpc) is 2.33. The van der Waals surface area contributed by atoms with E-state index in [-0.39, 0.29) is 10.7 Å². The molecule has 0 radical (unpaired) electrons. The van der Waals surface area contributed by atoms with Gasteiger partial charge >= 0.3 is 0 Å². The van der Waals surface area contributed by atoms with E-state index in [1.165, 1.54) is 0 Å². The fourth-order valence-electron chi connectivity index (χ4n) is 1.74. The predicted molar refractivity (Wildman–Crippen MR) is 65.1 cm³/mol. The number of pyridine rings is 1. The minimum atomic E-state index is -0.0663. The molecule has 2 rings (SSSR count). The first-order valence-electron chi connectivity index (χ1n) is 5.18. The Morgan fingerprint density at radius 2 is 2.38 bits per heavy atom. The highest BCUT2D eigenvalue weighted by Crippen LogP contribution is 2.24. The Hall–Kier alpha value is -1.10. The van der Waals surface area contributed by atoms with Crippen LogP contribution in [0, 0.1) is 0 Å². The Morgan fingerprint density at radius 3 is 3.00 bits per heavy atom. The van der Waals surface area contributed by atoms with Crippen molar-refractivity contribution in [2.75, 3.05) is 18.6 Å². The number of hydrogen-bond acceptors (Lipinski definition) is 3. The third-order valence-corrected chi connectivity index (χ3v) is 3.46. The first kappa shape index (κ1) is 11.4. The number of rotatable bonds is 2. The van der Waals surface area contributed by atoms with Crippen LogP contribution in [-0.2, 0) is 4.79 Å². The lowest BCUT2D eigenvalue weighted by molar-refractivity contribution is -0.118. The van der Waals surface area contributed by atoms with Crippen molar-refractivity contribution in [3.05, 3.63) is 18.3 Å². The quantitative estimate of drug-likeness (QED) is 0.780. The molecule has 0 N–H and O–H groups in total. The van der Waals surface area contributed by atoms with E-state index >= 15 is 0 Å². The second-order valence-electron chi connectivity index (χ2n) is 3.66. The number of alkyl halides is 1. The molecule has 1 fully saturated rings. The molecule has 4 nitrogen and oxygen atoms in total. The van der Waals surface area contributed by atoms with Gasteiger partial charge in [-0.15, -0.1) is 0 Å². The summed E-state index contributed by atoms with van der Waals surface area (Å²) >= 11 is 3.38. The molecule has 5 heteroatoms. The van der Waals surface area contributed by atoms with Crippen molar-refractivity contribution in [2.45, 2.75) is 17.7 Å². The van der Waals surface area contributed by atoms with Crippen molar-refractivity contribution in [1.82, 2.24) is 4.98 Å². The van der Waals surface area contributed by atoms with Crippen LogP contribution in [0.4, 0.5) is 5.69 Å². The van der Waals surface area contributed by atoms with Gasteiger partial charge < -0.3 is 9.64 Å². The van der Waals surface area contributed by atoms with Gasteiger partial charge in [0.2, 0.25) is 11.8 Å². The van der Waals surface area contributed by atoms with E-state index in [0.29, 0.717) is 5.88 Å². The Morgan fingerprint density at radius 1 is 1.56 bits per heavy atom. The number of carbonyl (C=O) groups is 1. The number of piperidine rings is 1. The molecule has 0 spiro atoms. The summed E-state index contributed by atoms with van der Waals surface area (Å²) in [5.74, 6) is 0.668. The number of methoxy groups -OCH3 is 1. The highest BCUT2D eigenvalue weighted by atomic mass is 79.9. The van der Waals surface area contributed by atoms with Crippen LogP contribution >= 0.6 is 15.9 Å². The zero-order chi connectivity index (χ0) is 11.5. The lowest BCUT2D eigenvalue weighted by Gasteiger charge is -2.29. The lowest BCUT2D eigenvalue weighted by Crippen LogP contribution is -2.41. The van der Waals surface area contributed by atoms with Crippen LogP contribution < -0.4 is 9.64 Å². The average molecular weight is 285 g/mol. The standard InChI is InChI=1S/C11H13BrN2O2/c1-16-10-5-4-8(7-13-10)14-6-2-3-9(12)11(14)15/h4-5,7,9H,2-3,6H2,1H3. The van der Waals surface area contributed by atoms with E-state index < -0.39 is 0 Å². The van der Waals surface area contributed by atoms with Crippen molar-refractivity contribution >= 4 is 27.5 Å². The first-order valence-corrected chi connectivity index (χ1v) is 6.09. The van der Waals surface area contributed by atoms with E-state index in [1.54, 1.807) is 24.3 Å². The highest BCUT2D eigenvalue weighted by molar-refractivity contribution is 9.10. The molecule has 1 aliphatic rings. The van der Waals surface area contributed by atoms with Gasteiger partial charge in [-0.3, -0.25) is 4.79 Å². The summed E-state index contributed by atoms with van der Waals surface area (Å²) < 4.78 is 4.98. The smallest absolute Gasteiger partial charge is 0.240 e. The van der Waals surface area contributed by atoms with Gasteiger partial charge in [-0.25, -0.2) is 4.98 Å². The monoisotopic (exact) mass is 284 g/mol. The Bertz CT molecular complexity index is 380. The number of anilines is 1. The number of hydrogen-bond donors (Lipinski definition) is 0. The molecular formula is C11H13BrN2O2. The van der Waals surface area contributed by atoms with Crippen LogP contribution in [0.15, 0.2) is 18.3 Å². The molecule has 1 aliphatic heterocycles. The maximum atomic E-state index is 11.9. The van der Waals surface area contributed by atoms with Gasteiger partial charge in [-0.1, -0.05) is 15.9 Å². The summed E-state index contributed by atoms with van der Waals surface area (Å²) in [6.07, 6.45) is 3.58. The van der Waals surface area contributed by atoms with Gasteiger partial charge in [0.1, 0.15) is 0 Å². The molecule has 2 heterocycles. The number of amides is 1. The van der Waals surface area contributed by atoms with E-state index in [1.807, 2.05) is 6.07 Å². The van der Waals surface area contributed by atoms with E-state index in [4.69, 9.17) is 4.74 Å². The molecule has 0 bridgehead atoms. The summed E-state index contributed by atoms with van der Waals surface area (Å²) in [5, 5.41) is 0. The van der Waals surface area contributed by atoms with Crippen molar-refractivity contribution in [3.8, 4) is 5.88 Å². The molecule has 0 saturated carbocycles. The largest absolute Gasteiger partial charge is 0.481 e. The molecular weight excluding hydrogens is 272 g/mol. The molecule has 16 heavy (non-hydrogen) atoms. The second-order valence-corrected chi connectivity index (χ2v) is 4.76. The summed E-state index contributed by atoms with van der Waals surface area (Å²) in [5.41, 5.74) is 0.829. The van der Waals surface area contributed by atoms with E-state index in [9.17, 15) is 4.79 Å². The molecule has 1 saturated heterocycles.